The van der Waals surface area contributed by atoms with Crippen LogP contribution in [0, 0.1) is 0 Å². The standard InChI is InChI=1S/C14H10N2O2/c17-14-15-16(12-9-5-2-6-10-12)13(18-14)11-7-3-1-4-8-11/h1-10H/p+1. The minimum absolute atomic E-state index is 0.474. The quantitative estimate of drug-likeness (QED) is 0.694. The highest BCUT2D eigenvalue weighted by Crippen LogP contribution is 2.14. The summed E-state index contributed by atoms with van der Waals surface area (Å²) in [6, 6.07) is 19.0. The Morgan fingerprint density at radius 1 is 0.889 bits per heavy atom. The molecular weight excluding hydrogens is 228 g/mol. The maximum Gasteiger partial charge on any atom is 0.471 e. The topological polar surface area (TPSA) is 49.9 Å². The van der Waals surface area contributed by atoms with Crippen LogP contribution < -0.4 is 10.4 Å². The molecule has 0 saturated carbocycles. The highest BCUT2D eigenvalue weighted by atomic mass is 16.4. The number of benzene rings is 2. The van der Waals surface area contributed by atoms with E-state index < -0.39 is 5.76 Å². The Hall–Kier alpha value is -2.62. The van der Waals surface area contributed by atoms with E-state index in [0.29, 0.717) is 5.89 Å². The van der Waals surface area contributed by atoms with Gasteiger partial charge in [0, 0.05) is 12.1 Å². The fourth-order valence-electron chi connectivity index (χ4n) is 1.83. The van der Waals surface area contributed by atoms with Gasteiger partial charge >= 0.3 is 11.6 Å². The van der Waals surface area contributed by atoms with Gasteiger partial charge in [0.1, 0.15) is 0 Å². The number of H-pyrrole nitrogens is 1. The van der Waals surface area contributed by atoms with Crippen LogP contribution in [-0.2, 0) is 0 Å². The number of aromatic nitrogens is 2. The predicted molar refractivity (Wildman–Crippen MR) is 66.3 cm³/mol. The summed E-state index contributed by atoms with van der Waals surface area (Å²) >= 11 is 0. The molecule has 4 heteroatoms. The highest BCUT2D eigenvalue weighted by Gasteiger charge is 2.22. The molecule has 0 aliphatic heterocycles. The van der Waals surface area contributed by atoms with Crippen molar-refractivity contribution in [2.75, 3.05) is 0 Å². The Balaban J connectivity index is 2.21. The Morgan fingerprint density at radius 2 is 1.50 bits per heavy atom. The number of nitrogens with one attached hydrogen (secondary N) is 1. The summed E-state index contributed by atoms with van der Waals surface area (Å²) in [6.45, 7) is 0. The van der Waals surface area contributed by atoms with Crippen molar-refractivity contribution in [2.24, 2.45) is 0 Å². The molecule has 4 nitrogen and oxygen atoms in total. The van der Waals surface area contributed by atoms with Crippen molar-refractivity contribution in [3.63, 3.8) is 0 Å². The Morgan fingerprint density at radius 3 is 2.17 bits per heavy atom. The van der Waals surface area contributed by atoms with Crippen LogP contribution in [0.2, 0.25) is 0 Å². The van der Waals surface area contributed by atoms with Crippen LogP contribution in [0.15, 0.2) is 69.9 Å². The van der Waals surface area contributed by atoms with Crippen molar-refractivity contribution in [3.8, 4) is 17.1 Å². The molecule has 0 atom stereocenters. The van der Waals surface area contributed by atoms with E-state index in [0.717, 1.165) is 11.3 Å². The van der Waals surface area contributed by atoms with E-state index in [9.17, 15) is 4.79 Å². The van der Waals surface area contributed by atoms with Gasteiger partial charge in [-0.25, -0.2) is 4.79 Å². The lowest BCUT2D eigenvalue weighted by Gasteiger charge is -1.93. The summed E-state index contributed by atoms with van der Waals surface area (Å²) in [4.78, 5) is 11.4. The molecular formula is C14H11N2O2+. The molecule has 0 spiro atoms. The fraction of sp³-hybridized carbons (Fsp3) is 0. The molecule has 1 N–H and O–H groups in total. The van der Waals surface area contributed by atoms with Gasteiger partial charge in [-0.15, -0.1) is 0 Å². The van der Waals surface area contributed by atoms with E-state index in [1.165, 1.54) is 0 Å². The van der Waals surface area contributed by atoms with Crippen LogP contribution in [-0.4, -0.2) is 5.10 Å². The van der Waals surface area contributed by atoms with E-state index in [1.807, 2.05) is 60.7 Å². The van der Waals surface area contributed by atoms with Crippen LogP contribution in [0.4, 0.5) is 0 Å². The third-order valence-electron chi connectivity index (χ3n) is 2.63. The number of hydrogen-bond donors (Lipinski definition) is 1. The van der Waals surface area contributed by atoms with Gasteiger partial charge in [0.05, 0.1) is 5.56 Å². The second kappa shape index (κ2) is 4.33. The SMILES string of the molecule is O=c1[nH][n+](-c2ccccc2)c(-c2ccccc2)o1. The predicted octanol–water partition coefficient (Wildman–Crippen LogP) is 1.91. The van der Waals surface area contributed by atoms with Crippen LogP contribution >= 0.6 is 0 Å². The first-order valence-electron chi connectivity index (χ1n) is 5.60. The molecule has 2 aromatic carbocycles. The summed E-state index contributed by atoms with van der Waals surface area (Å²) in [5.41, 5.74) is 1.70. The molecule has 0 aliphatic carbocycles. The molecule has 0 radical (unpaired) electrons. The van der Waals surface area contributed by atoms with Gasteiger partial charge in [0.2, 0.25) is 5.69 Å². The van der Waals surface area contributed by atoms with Gasteiger partial charge in [-0.2, -0.15) is 0 Å². The molecule has 3 rings (SSSR count). The summed E-state index contributed by atoms with van der Waals surface area (Å²) in [6.07, 6.45) is 0. The molecule has 3 aromatic rings. The average Bonchev–Trinajstić information content (AvgIpc) is 2.83. The second-order valence-corrected chi connectivity index (χ2v) is 3.84. The van der Waals surface area contributed by atoms with Crippen LogP contribution in [0.5, 0.6) is 0 Å². The molecule has 1 aromatic heterocycles. The van der Waals surface area contributed by atoms with E-state index in [2.05, 4.69) is 5.10 Å². The Bertz CT molecular complexity index is 639. The van der Waals surface area contributed by atoms with Gasteiger partial charge in [-0.1, -0.05) is 41.5 Å². The van der Waals surface area contributed by atoms with Crippen molar-refractivity contribution >= 4 is 0 Å². The number of para-hydroxylation sites is 1. The van der Waals surface area contributed by atoms with Crippen molar-refractivity contribution in [2.45, 2.75) is 0 Å². The molecule has 0 bridgehead atoms. The lowest BCUT2D eigenvalue weighted by Crippen LogP contribution is -2.36. The monoisotopic (exact) mass is 239 g/mol. The van der Waals surface area contributed by atoms with Crippen molar-refractivity contribution in [1.29, 1.82) is 0 Å². The normalized spacial score (nSPS) is 10.4. The maximum absolute atomic E-state index is 11.4. The van der Waals surface area contributed by atoms with Gasteiger partial charge in [-0.05, 0) is 16.8 Å². The third-order valence-corrected chi connectivity index (χ3v) is 2.63. The summed E-state index contributed by atoms with van der Waals surface area (Å²) < 4.78 is 6.84. The van der Waals surface area contributed by atoms with Crippen molar-refractivity contribution < 1.29 is 9.10 Å². The van der Waals surface area contributed by atoms with Crippen molar-refractivity contribution in [3.05, 3.63) is 71.2 Å². The summed E-state index contributed by atoms with van der Waals surface area (Å²) in [5.74, 6) is 0.0181. The molecule has 0 amide bonds. The molecule has 0 unspecified atom stereocenters. The van der Waals surface area contributed by atoms with E-state index >= 15 is 0 Å². The fourth-order valence-corrected chi connectivity index (χ4v) is 1.83. The van der Waals surface area contributed by atoms with E-state index in [1.54, 1.807) is 4.68 Å². The highest BCUT2D eigenvalue weighted by molar-refractivity contribution is 5.50. The van der Waals surface area contributed by atoms with Crippen LogP contribution in [0.3, 0.4) is 0 Å². The van der Waals surface area contributed by atoms with Crippen molar-refractivity contribution in [1.82, 2.24) is 5.10 Å². The first-order chi connectivity index (χ1) is 8.84. The first kappa shape index (κ1) is 10.5. The van der Waals surface area contributed by atoms with Crippen LogP contribution in [0.1, 0.15) is 0 Å². The number of nitrogens with zero attached hydrogens (tertiary/aromatic N) is 1. The summed E-state index contributed by atoms with van der Waals surface area (Å²) in [5, 5.41) is 2.65. The Kier molecular flexibility index (Phi) is 2.53. The molecule has 0 aliphatic rings. The number of hydrogen-bond acceptors (Lipinski definition) is 2. The zero-order chi connectivity index (χ0) is 12.4. The molecule has 88 valence electrons. The molecule has 1 heterocycles. The minimum Gasteiger partial charge on any atom is -0.348 e. The smallest absolute Gasteiger partial charge is 0.348 e. The van der Waals surface area contributed by atoms with Gasteiger partial charge in [0.15, 0.2) is 0 Å². The van der Waals surface area contributed by atoms with E-state index in [4.69, 9.17) is 4.42 Å². The number of aromatic amines is 1. The maximum atomic E-state index is 11.4. The second-order valence-electron chi connectivity index (χ2n) is 3.84. The Labute approximate surface area is 103 Å². The zero-order valence-corrected chi connectivity index (χ0v) is 9.54. The summed E-state index contributed by atoms with van der Waals surface area (Å²) in [7, 11) is 0. The minimum atomic E-state index is -0.474. The largest absolute Gasteiger partial charge is 0.471 e. The molecule has 18 heavy (non-hydrogen) atoms. The van der Waals surface area contributed by atoms with Gasteiger partial charge in [0.25, 0.3) is 0 Å². The van der Waals surface area contributed by atoms with Crippen LogP contribution in [0.25, 0.3) is 17.1 Å². The molecule has 0 saturated heterocycles. The van der Waals surface area contributed by atoms with Gasteiger partial charge in [-0.3, -0.25) is 0 Å². The average molecular weight is 239 g/mol. The van der Waals surface area contributed by atoms with Gasteiger partial charge < -0.3 is 4.42 Å². The van der Waals surface area contributed by atoms with E-state index in [-0.39, 0.29) is 0 Å². The first-order valence-corrected chi connectivity index (χ1v) is 5.60. The zero-order valence-electron chi connectivity index (χ0n) is 9.54. The molecule has 0 fully saturated rings. The third kappa shape index (κ3) is 1.84. The lowest BCUT2D eigenvalue weighted by atomic mass is 10.2. The number of rotatable bonds is 2. The lowest BCUT2D eigenvalue weighted by molar-refractivity contribution is -0.649.